The third-order valence-electron chi connectivity index (χ3n) is 3.49. The number of nitrogens with zero attached hydrogens (tertiary/aromatic N) is 3. The molecule has 0 amide bonds. The first-order chi connectivity index (χ1) is 10.4. The van der Waals surface area contributed by atoms with Gasteiger partial charge in [0.25, 0.3) is 5.56 Å². The summed E-state index contributed by atoms with van der Waals surface area (Å²) in [5.41, 5.74) is 2.60. The van der Waals surface area contributed by atoms with Gasteiger partial charge in [-0.15, -0.1) is 4.73 Å². The SMILES string of the molecule is Nc1nc2c(c(=O)[nH]1)n(O)c(=O)n2[C@@H]1O[C@H](CO)[C@@H](O)[C@H]1O. The predicted molar refractivity (Wildman–Crippen MR) is 69.2 cm³/mol. The Labute approximate surface area is 120 Å². The van der Waals surface area contributed by atoms with E-state index >= 15 is 0 Å². The number of imidazole rings is 1. The second-order valence-electron chi connectivity index (χ2n) is 4.82. The fourth-order valence-corrected chi connectivity index (χ4v) is 2.44. The fourth-order valence-electron chi connectivity index (χ4n) is 2.44. The first kappa shape index (κ1) is 14.5. The number of H-pyrrole nitrogens is 1. The number of nitrogen functional groups attached to an aromatic ring is 1. The van der Waals surface area contributed by atoms with Crippen LogP contribution in [-0.2, 0) is 4.74 Å². The highest BCUT2D eigenvalue weighted by Crippen LogP contribution is 2.29. The molecule has 0 saturated carbocycles. The van der Waals surface area contributed by atoms with Crippen LogP contribution in [0.5, 0.6) is 0 Å². The number of nitrogens with two attached hydrogens (primary N) is 1. The molecule has 1 fully saturated rings. The molecular formula is C10H13N5O7. The van der Waals surface area contributed by atoms with E-state index in [9.17, 15) is 25.0 Å². The largest absolute Gasteiger partial charge is 0.423 e. The molecule has 1 aliphatic rings. The van der Waals surface area contributed by atoms with Crippen molar-refractivity contribution in [3.8, 4) is 0 Å². The lowest BCUT2D eigenvalue weighted by atomic mass is 10.1. The van der Waals surface area contributed by atoms with E-state index in [1.54, 1.807) is 0 Å². The Balaban J connectivity index is 2.26. The van der Waals surface area contributed by atoms with E-state index in [1.807, 2.05) is 0 Å². The molecule has 0 spiro atoms. The number of aliphatic hydroxyl groups is 3. The Hall–Kier alpha value is -2.41. The Morgan fingerprint density at radius 1 is 1.32 bits per heavy atom. The van der Waals surface area contributed by atoms with Crippen molar-refractivity contribution in [2.45, 2.75) is 24.5 Å². The van der Waals surface area contributed by atoms with Crippen LogP contribution in [0.1, 0.15) is 6.23 Å². The first-order valence-corrected chi connectivity index (χ1v) is 6.21. The zero-order valence-electron chi connectivity index (χ0n) is 10.9. The van der Waals surface area contributed by atoms with Crippen LogP contribution in [-0.4, -0.2) is 64.7 Å². The van der Waals surface area contributed by atoms with Gasteiger partial charge < -0.3 is 31.0 Å². The van der Waals surface area contributed by atoms with Gasteiger partial charge in [0.1, 0.15) is 18.3 Å². The topological polar surface area (TPSA) is 189 Å². The van der Waals surface area contributed by atoms with Crippen molar-refractivity contribution in [2.24, 2.45) is 0 Å². The highest BCUT2D eigenvalue weighted by atomic mass is 16.6. The Bertz CT molecular complexity index is 839. The minimum absolute atomic E-state index is 0.0370. The molecule has 12 nitrogen and oxygen atoms in total. The van der Waals surface area contributed by atoms with Crippen LogP contribution in [0.3, 0.4) is 0 Å². The number of hydrogen-bond acceptors (Lipinski definition) is 9. The lowest BCUT2D eigenvalue weighted by Crippen LogP contribution is -2.35. The number of aromatic amines is 1. The predicted octanol–water partition coefficient (Wildman–Crippen LogP) is -3.68. The molecule has 4 atom stereocenters. The summed E-state index contributed by atoms with van der Waals surface area (Å²) in [6.07, 6.45) is -5.63. The molecule has 3 rings (SSSR count). The molecule has 0 bridgehead atoms. The third kappa shape index (κ3) is 1.82. The van der Waals surface area contributed by atoms with Crippen molar-refractivity contribution in [3.63, 3.8) is 0 Å². The summed E-state index contributed by atoms with van der Waals surface area (Å²) in [6.45, 7) is -0.600. The number of aliphatic hydroxyl groups excluding tert-OH is 3. The van der Waals surface area contributed by atoms with E-state index < -0.39 is 47.9 Å². The van der Waals surface area contributed by atoms with E-state index in [4.69, 9.17) is 15.6 Å². The van der Waals surface area contributed by atoms with E-state index in [0.717, 1.165) is 0 Å². The summed E-state index contributed by atoms with van der Waals surface area (Å²) in [6, 6.07) is 0. The van der Waals surface area contributed by atoms with Crippen LogP contribution in [0.4, 0.5) is 5.95 Å². The molecule has 0 aromatic carbocycles. The van der Waals surface area contributed by atoms with E-state index in [0.29, 0.717) is 4.57 Å². The normalized spacial score (nSPS) is 28.5. The smallest absolute Gasteiger partial charge is 0.365 e. The van der Waals surface area contributed by atoms with Crippen molar-refractivity contribution >= 4 is 17.1 Å². The van der Waals surface area contributed by atoms with Gasteiger partial charge in [0.2, 0.25) is 5.95 Å². The van der Waals surface area contributed by atoms with Crippen LogP contribution >= 0.6 is 0 Å². The molecule has 7 N–H and O–H groups in total. The van der Waals surface area contributed by atoms with Crippen LogP contribution < -0.4 is 17.0 Å². The zero-order valence-corrected chi connectivity index (χ0v) is 10.9. The zero-order chi connectivity index (χ0) is 16.2. The minimum Gasteiger partial charge on any atom is -0.423 e. The summed E-state index contributed by atoms with van der Waals surface area (Å²) in [5.74, 6) is -0.316. The molecule has 2 aromatic rings. The van der Waals surface area contributed by atoms with Crippen LogP contribution in [0.15, 0.2) is 9.59 Å². The molecule has 0 radical (unpaired) electrons. The van der Waals surface area contributed by atoms with Gasteiger partial charge >= 0.3 is 5.69 Å². The molecule has 0 aliphatic carbocycles. The molecular weight excluding hydrogens is 302 g/mol. The molecule has 22 heavy (non-hydrogen) atoms. The molecule has 3 heterocycles. The highest BCUT2D eigenvalue weighted by Gasteiger charge is 2.45. The summed E-state index contributed by atoms with van der Waals surface area (Å²) in [7, 11) is 0. The quantitative estimate of drug-likeness (QED) is 0.303. The van der Waals surface area contributed by atoms with Gasteiger partial charge in [-0.3, -0.25) is 9.78 Å². The Kier molecular flexibility index (Phi) is 3.17. The van der Waals surface area contributed by atoms with E-state index in [-0.39, 0.29) is 16.3 Å². The number of rotatable bonds is 2. The summed E-state index contributed by atoms with van der Waals surface area (Å²) in [4.78, 5) is 29.7. The average molecular weight is 315 g/mol. The van der Waals surface area contributed by atoms with Crippen LogP contribution in [0.2, 0.25) is 0 Å². The monoisotopic (exact) mass is 315 g/mol. The summed E-state index contributed by atoms with van der Waals surface area (Å²) >= 11 is 0. The standard InChI is InChI=1S/C10H13N5O7/c11-9-12-6-3(7(19)13-9)15(21)10(20)14(6)8-5(18)4(17)2(1-16)22-8/h2,4-5,8,16-18,21H,1H2,(H3,11,12,13,19)/t2-,4-,5-,8-/m1/s1. The lowest BCUT2D eigenvalue weighted by molar-refractivity contribution is -0.0539. The van der Waals surface area contributed by atoms with Crippen molar-refractivity contribution in [2.75, 3.05) is 12.3 Å². The van der Waals surface area contributed by atoms with Gasteiger partial charge in [-0.2, -0.15) is 4.98 Å². The number of aromatic nitrogens is 4. The van der Waals surface area contributed by atoms with Gasteiger partial charge in [0.15, 0.2) is 17.4 Å². The maximum absolute atomic E-state index is 12.1. The van der Waals surface area contributed by atoms with Crippen molar-refractivity contribution in [1.82, 2.24) is 19.3 Å². The van der Waals surface area contributed by atoms with Crippen LogP contribution in [0.25, 0.3) is 11.2 Å². The average Bonchev–Trinajstić information content (AvgIpc) is 2.87. The third-order valence-corrected chi connectivity index (χ3v) is 3.49. The number of nitrogens with one attached hydrogen (secondary N) is 1. The van der Waals surface area contributed by atoms with Gasteiger partial charge in [-0.1, -0.05) is 0 Å². The molecule has 0 unspecified atom stereocenters. The number of fused-ring (bicyclic) bond motifs is 1. The van der Waals surface area contributed by atoms with Crippen molar-refractivity contribution in [3.05, 3.63) is 20.8 Å². The fraction of sp³-hybridized carbons (Fsp3) is 0.500. The minimum atomic E-state index is -1.58. The van der Waals surface area contributed by atoms with Gasteiger partial charge in [-0.05, 0) is 0 Å². The Morgan fingerprint density at radius 2 is 2.00 bits per heavy atom. The van der Waals surface area contributed by atoms with Crippen LogP contribution in [0, 0.1) is 0 Å². The molecule has 12 heteroatoms. The second kappa shape index (κ2) is 4.81. The maximum Gasteiger partial charge on any atom is 0.365 e. The Morgan fingerprint density at radius 3 is 2.59 bits per heavy atom. The lowest BCUT2D eigenvalue weighted by Gasteiger charge is -2.15. The number of anilines is 1. The maximum atomic E-state index is 12.1. The van der Waals surface area contributed by atoms with E-state index in [1.165, 1.54) is 0 Å². The molecule has 120 valence electrons. The number of hydrogen-bond donors (Lipinski definition) is 6. The summed E-state index contributed by atoms with van der Waals surface area (Å²) < 4.78 is 5.92. The second-order valence-corrected chi connectivity index (χ2v) is 4.82. The van der Waals surface area contributed by atoms with Crippen molar-refractivity contribution in [1.29, 1.82) is 0 Å². The first-order valence-electron chi connectivity index (χ1n) is 6.21. The molecule has 1 saturated heterocycles. The molecule has 1 aliphatic heterocycles. The molecule has 2 aromatic heterocycles. The van der Waals surface area contributed by atoms with Gasteiger partial charge in [-0.25, -0.2) is 9.36 Å². The highest BCUT2D eigenvalue weighted by molar-refractivity contribution is 5.71. The number of ether oxygens (including phenoxy) is 1. The van der Waals surface area contributed by atoms with Crippen molar-refractivity contribution < 1.29 is 25.3 Å². The van der Waals surface area contributed by atoms with Gasteiger partial charge in [0, 0.05) is 0 Å². The van der Waals surface area contributed by atoms with Gasteiger partial charge in [0.05, 0.1) is 6.61 Å². The van der Waals surface area contributed by atoms with E-state index in [2.05, 4.69) is 9.97 Å². The summed E-state index contributed by atoms with van der Waals surface area (Å²) in [5, 5.41) is 38.5.